The molecule has 0 aliphatic heterocycles. The van der Waals surface area contributed by atoms with Crippen LogP contribution in [0.15, 0.2) is 0 Å². The molecule has 18 heavy (non-hydrogen) atoms. The molecule has 0 atom stereocenters. The van der Waals surface area contributed by atoms with Crippen LogP contribution in [0.1, 0.15) is 49.7 Å². The third-order valence-electron chi connectivity index (χ3n) is 2.81. The molecule has 1 aliphatic carbocycles. The van der Waals surface area contributed by atoms with Gasteiger partial charge in [0.1, 0.15) is 0 Å². The van der Waals surface area contributed by atoms with E-state index in [2.05, 4.69) is 15.3 Å². The normalized spacial score (nSPS) is 15.9. The van der Waals surface area contributed by atoms with E-state index in [4.69, 9.17) is 9.47 Å². The zero-order valence-corrected chi connectivity index (χ0v) is 11.3. The molecule has 7 heteroatoms. The van der Waals surface area contributed by atoms with Crippen LogP contribution in [-0.4, -0.2) is 33.0 Å². The largest absolute Gasteiger partial charge is 0.347 e. The van der Waals surface area contributed by atoms with Crippen molar-refractivity contribution in [2.75, 3.05) is 13.2 Å². The van der Waals surface area contributed by atoms with Crippen LogP contribution in [0.3, 0.4) is 0 Å². The van der Waals surface area contributed by atoms with Crippen molar-refractivity contribution in [2.45, 2.75) is 38.9 Å². The molecule has 1 fully saturated rings. The zero-order valence-electron chi connectivity index (χ0n) is 10.5. The molecule has 1 saturated carbocycles. The predicted molar refractivity (Wildman–Crippen MR) is 66.6 cm³/mol. The van der Waals surface area contributed by atoms with Gasteiger partial charge >= 0.3 is 0 Å². The fourth-order valence-corrected chi connectivity index (χ4v) is 2.68. The maximum absolute atomic E-state index is 5.55. The van der Waals surface area contributed by atoms with Gasteiger partial charge in [0.05, 0.1) is 0 Å². The lowest BCUT2D eigenvalue weighted by molar-refractivity contribution is -0.140. The summed E-state index contributed by atoms with van der Waals surface area (Å²) < 4.78 is 12.9. The molecule has 1 aliphatic rings. The number of ether oxygens (including phenoxy) is 2. The summed E-state index contributed by atoms with van der Waals surface area (Å²) in [6, 6.07) is 0. The molecule has 2 heterocycles. The minimum Gasteiger partial charge on any atom is -0.347 e. The average molecular weight is 268 g/mol. The van der Waals surface area contributed by atoms with Gasteiger partial charge in [0.2, 0.25) is 11.3 Å². The second-order valence-electron chi connectivity index (χ2n) is 4.21. The first-order valence-electron chi connectivity index (χ1n) is 6.28. The molecule has 0 unspecified atom stereocenters. The monoisotopic (exact) mass is 268 g/mol. The molecule has 0 radical (unpaired) electrons. The maximum atomic E-state index is 5.55. The van der Waals surface area contributed by atoms with E-state index < -0.39 is 6.29 Å². The predicted octanol–water partition coefficient (Wildman–Crippen LogP) is 2.13. The fraction of sp³-hybridized carbons (Fsp3) is 0.727. The van der Waals surface area contributed by atoms with Gasteiger partial charge in [0.15, 0.2) is 10.8 Å². The minimum atomic E-state index is -0.390. The number of rotatable bonds is 6. The number of fused-ring (bicyclic) bond motifs is 1. The molecular weight excluding hydrogens is 252 g/mol. The lowest BCUT2D eigenvalue weighted by Gasteiger charge is -2.13. The molecular formula is C11H16N4O2S. The van der Waals surface area contributed by atoms with Crippen molar-refractivity contribution < 1.29 is 9.47 Å². The molecule has 0 saturated heterocycles. The third-order valence-corrected chi connectivity index (χ3v) is 3.73. The molecule has 2 aromatic heterocycles. The second kappa shape index (κ2) is 4.91. The van der Waals surface area contributed by atoms with Gasteiger partial charge in [-0.3, -0.25) is 0 Å². The fourth-order valence-electron chi connectivity index (χ4n) is 1.83. The summed E-state index contributed by atoms with van der Waals surface area (Å²) in [6.45, 7) is 5.09. The van der Waals surface area contributed by atoms with E-state index in [1.54, 1.807) is 0 Å². The van der Waals surface area contributed by atoms with E-state index in [0.29, 0.717) is 19.1 Å². The number of hydrogen-bond acceptors (Lipinski definition) is 6. The molecule has 98 valence electrons. The Balaban J connectivity index is 1.91. The second-order valence-corrected chi connectivity index (χ2v) is 5.20. The lowest BCUT2D eigenvalue weighted by Crippen LogP contribution is -2.09. The highest BCUT2D eigenvalue weighted by atomic mass is 32.1. The molecule has 3 rings (SSSR count). The van der Waals surface area contributed by atoms with Crippen molar-refractivity contribution in [1.29, 1.82) is 0 Å². The van der Waals surface area contributed by atoms with Crippen LogP contribution in [0.2, 0.25) is 0 Å². The SMILES string of the molecule is CCOC(OCC)c1nn2c(C3CC3)nnc2s1. The van der Waals surface area contributed by atoms with Gasteiger partial charge in [-0.1, -0.05) is 11.3 Å². The highest BCUT2D eigenvalue weighted by Gasteiger charge is 2.30. The Kier molecular flexibility index (Phi) is 3.27. The summed E-state index contributed by atoms with van der Waals surface area (Å²) in [4.78, 5) is 0.816. The Labute approximate surface area is 109 Å². The summed E-state index contributed by atoms with van der Waals surface area (Å²) in [5, 5.41) is 13.7. The Morgan fingerprint density at radius 1 is 1.28 bits per heavy atom. The van der Waals surface area contributed by atoms with Gasteiger partial charge in [0.25, 0.3) is 0 Å². The standard InChI is InChI=1S/C11H16N4O2S/c1-3-16-10(17-4-2)9-14-15-8(7-5-6-7)12-13-11(15)18-9/h7,10H,3-6H2,1-2H3. The van der Waals surface area contributed by atoms with Gasteiger partial charge in [-0.15, -0.1) is 10.2 Å². The molecule has 2 aromatic rings. The summed E-state index contributed by atoms with van der Waals surface area (Å²) in [6.07, 6.45) is 1.99. The van der Waals surface area contributed by atoms with Crippen molar-refractivity contribution in [2.24, 2.45) is 0 Å². The van der Waals surface area contributed by atoms with Gasteiger partial charge in [-0.25, -0.2) is 0 Å². The number of aromatic nitrogens is 4. The van der Waals surface area contributed by atoms with Crippen LogP contribution in [0, 0.1) is 0 Å². The minimum absolute atomic E-state index is 0.390. The quantitative estimate of drug-likeness (QED) is 0.751. The van der Waals surface area contributed by atoms with Crippen molar-refractivity contribution >= 4 is 16.3 Å². The molecule has 0 N–H and O–H groups in total. The van der Waals surface area contributed by atoms with E-state index in [9.17, 15) is 0 Å². The highest BCUT2D eigenvalue weighted by Crippen LogP contribution is 2.39. The molecule has 0 aromatic carbocycles. The Bertz CT molecular complexity index is 528. The first-order chi connectivity index (χ1) is 8.83. The number of nitrogens with zero attached hydrogens (tertiary/aromatic N) is 4. The zero-order chi connectivity index (χ0) is 12.5. The van der Waals surface area contributed by atoms with Gasteiger partial charge < -0.3 is 9.47 Å². The summed E-state index contributed by atoms with van der Waals surface area (Å²) in [5.41, 5.74) is 0. The van der Waals surface area contributed by atoms with Crippen LogP contribution in [0.4, 0.5) is 0 Å². The molecule has 6 nitrogen and oxygen atoms in total. The summed E-state index contributed by atoms with van der Waals surface area (Å²) in [5.74, 6) is 1.51. The van der Waals surface area contributed by atoms with Crippen LogP contribution in [0.25, 0.3) is 4.96 Å². The molecule has 0 bridgehead atoms. The van der Waals surface area contributed by atoms with Crippen LogP contribution < -0.4 is 0 Å². The summed E-state index contributed by atoms with van der Waals surface area (Å²) in [7, 11) is 0. The van der Waals surface area contributed by atoms with Crippen molar-refractivity contribution in [1.82, 2.24) is 19.8 Å². The van der Waals surface area contributed by atoms with E-state index in [1.807, 2.05) is 18.4 Å². The smallest absolute Gasteiger partial charge is 0.234 e. The van der Waals surface area contributed by atoms with E-state index in [-0.39, 0.29) is 0 Å². The van der Waals surface area contributed by atoms with Crippen LogP contribution in [-0.2, 0) is 9.47 Å². The lowest BCUT2D eigenvalue weighted by atomic mass is 10.4. The van der Waals surface area contributed by atoms with Gasteiger partial charge in [-0.2, -0.15) is 9.61 Å². The van der Waals surface area contributed by atoms with E-state index in [1.165, 1.54) is 24.2 Å². The Morgan fingerprint density at radius 2 is 2.00 bits per heavy atom. The van der Waals surface area contributed by atoms with Crippen molar-refractivity contribution in [3.63, 3.8) is 0 Å². The first-order valence-corrected chi connectivity index (χ1v) is 7.10. The topological polar surface area (TPSA) is 61.5 Å². The summed E-state index contributed by atoms with van der Waals surface area (Å²) >= 11 is 1.48. The van der Waals surface area contributed by atoms with Crippen LogP contribution in [0.5, 0.6) is 0 Å². The molecule has 0 spiro atoms. The van der Waals surface area contributed by atoms with Crippen LogP contribution >= 0.6 is 11.3 Å². The highest BCUT2D eigenvalue weighted by molar-refractivity contribution is 7.16. The Morgan fingerprint density at radius 3 is 2.61 bits per heavy atom. The van der Waals surface area contributed by atoms with E-state index in [0.717, 1.165) is 15.8 Å². The molecule has 0 amide bonds. The first kappa shape index (κ1) is 12.0. The van der Waals surface area contributed by atoms with Crippen molar-refractivity contribution in [3.05, 3.63) is 10.8 Å². The Hall–Kier alpha value is -1.05. The number of hydrogen-bond donors (Lipinski definition) is 0. The average Bonchev–Trinajstić information content (AvgIpc) is 2.99. The van der Waals surface area contributed by atoms with Gasteiger partial charge in [0, 0.05) is 19.1 Å². The van der Waals surface area contributed by atoms with Gasteiger partial charge in [-0.05, 0) is 26.7 Å². The van der Waals surface area contributed by atoms with Crippen molar-refractivity contribution in [3.8, 4) is 0 Å². The third kappa shape index (κ3) is 2.13. The van der Waals surface area contributed by atoms with E-state index >= 15 is 0 Å². The maximum Gasteiger partial charge on any atom is 0.234 e.